The van der Waals surface area contributed by atoms with Gasteiger partial charge in [-0.3, -0.25) is 4.98 Å². The summed E-state index contributed by atoms with van der Waals surface area (Å²) < 4.78 is 57.4. The molecule has 2 aromatic carbocycles. The molecule has 0 amide bonds. The van der Waals surface area contributed by atoms with Gasteiger partial charge in [-0.05, 0) is 54.1 Å². The van der Waals surface area contributed by atoms with Crippen molar-refractivity contribution >= 4 is 16.5 Å². The number of aromatic nitrogens is 1. The van der Waals surface area contributed by atoms with Crippen LogP contribution in [0.1, 0.15) is 24.0 Å². The maximum atomic E-state index is 13.4. The van der Waals surface area contributed by atoms with Crippen molar-refractivity contribution in [1.82, 2.24) is 10.3 Å². The van der Waals surface area contributed by atoms with Crippen LogP contribution in [0.2, 0.25) is 0 Å². The summed E-state index contributed by atoms with van der Waals surface area (Å²) >= 11 is 0. The molecule has 1 aromatic heterocycles. The van der Waals surface area contributed by atoms with E-state index in [0.29, 0.717) is 31.1 Å². The average molecular weight is 405 g/mol. The fourth-order valence-corrected chi connectivity index (χ4v) is 3.50. The van der Waals surface area contributed by atoms with Crippen LogP contribution in [0, 0.1) is 5.82 Å². The smallest absolute Gasteiger partial charge is 0.419 e. The maximum absolute atomic E-state index is 13.4. The lowest BCUT2D eigenvalue weighted by molar-refractivity contribution is -0.140. The molecule has 29 heavy (non-hydrogen) atoms. The summed E-state index contributed by atoms with van der Waals surface area (Å²) in [6.45, 7) is 0.632. The van der Waals surface area contributed by atoms with Crippen molar-refractivity contribution in [3.8, 4) is 5.75 Å². The number of nitrogens with two attached hydrogens (primary N) is 1. The predicted molar refractivity (Wildman–Crippen MR) is 102 cm³/mol. The fourth-order valence-electron chi connectivity index (χ4n) is 3.50. The summed E-state index contributed by atoms with van der Waals surface area (Å²) in [6, 6.07) is 8.65. The number of fused-ring (bicyclic) bond motifs is 1. The molecule has 3 N–H and O–H groups in total. The Balaban J connectivity index is 1.33. The van der Waals surface area contributed by atoms with E-state index in [1.807, 2.05) is 18.2 Å². The molecule has 0 atom stereocenters. The zero-order chi connectivity index (χ0) is 20.6. The molecule has 1 aliphatic rings. The normalized spacial score (nSPS) is 19.2. The van der Waals surface area contributed by atoms with Crippen LogP contribution in [-0.2, 0) is 12.7 Å². The number of benzene rings is 2. The van der Waals surface area contributed by atoms with Crippen LogP contribution < -0.4 is 15.8 Å². The van der Waals surface area contributed by atoms with E-state index in [0.717, 1.165) is 22.4 Å². The van der Waals surface area contributed by atoms with E-state index in [1.165, 1.54) is 6.07 Å². The first-order valence-electron chi connectivity index (χ1n) is 9.19. The number of halogens is 4. The second-order valence-electron chi connectivity index (χ2n) is 7.16. The van der Waals surface area contributed by atoms with Gasteiger partial charge in [-0.25, -0.2) is 4.39 Å². The number of nitrogens with zero attached hydrogens (tertiary/aromatic N) is 1. The van der Waals surface area contributed by atoms with Crippen LogP contribution in [-0.4, -0.2) is 17.1 Å². The lowest BCUT2D eigenvalue weighted by atomic mass is 9.89. The van der Waals surface area contributed by atoms with Gasteiger partial charge >= 0.3 is 6.18 Å². The van der Waals surface area contributed by atoms with Crippen LogP contribution in [0.5, 0.6) is 5.75 Å². The van der Waals surface area contributed by atoms with Crippen molar-refractivity contribution in [2.24, 2.45) is 0 Å². The van der Waals surface area contributed by atoms with E-state index in [4.69, 9.17) is 10.5 Å². The lowest BCUT2D eigenvalue weighted by Crippen LogP contribution is -2.46. The van der Waals surface area contributed by atoms with Gasteiger partial charge in [0.15, 0.2) is 0 Å². The minimum Gasteiger partial charge on any atom is -0.490 e. The molecule has 8 heteroatoms. The molecule has 3 aromatic rings. The first-order valence-corrected chi connectivity index (χ1v) is 9.19. The van der Waals surface area contributed by atoms with Crippen LogP contribution >= 0.6 is 0 Å². The Morgan fingerprint density at radius 1 is 1.10 bits per heavy atom. The van der Waals surface area contributed by atoms with Gasteiger partial charge in [0.2, 0.25) is 0 Å². The Labute approximate surface area is 164 Å². The highest BCUT2D eigenvalue weighted by Gasteiger charge is 2.35. The summed E-state index contributed by atoms with van der Waals surface area (Å²) in [5, 5.41) is 5.36. The fraction of sp³-hybridized carbons (Fsp3) is 0.286. The standard InChI is InChI=1S/C21H19F4N3O/c22-19-3-2-14(9-18(19)21(23,24)25)29-15-7-13(8-15)28-10-12-1-4-20(26)17-11-27-6-5-16(12)17/h1-6,9,11,13,15,28H,7-8,10,26H2. The van der Waals surface area contributed by atoms with E-state index < -0.39 is 17.6 Å². The first kappa shape index (κ1) is 19.4. The number of ether oxygens (including phenoxy) is 1. The summed E-state index contributed by atoms with van der Waals surface area (Å²) in [5.41, 5.74) is 6.44. The number of anilines is 1. The predicted octanol–water partition coefficient (Wildman–Crippen LogP) is 4.67. The van der Waals surface area contributed by atoms with Gasteiger partial charge in [-0.1, -0.05) is 6.07 Å². The Bertz CT molecular complexity index is 1030. The largest absolute Gasteiger partial charge is 0.490 e. The van der Waals surface area contributed by atoms with Crippen LogP contribution in [0.4, 0.5) is 23.2 Å². The van der Waals surface area contributed by atoms with E-state index in [9.17, 15) is 17.6 Å². The molecule has 0 unspecified atom stereocenters. The maximum Gasteiger partial charge on any atom is 0.419 e. The first-order chi connectivity index (χ1) is 13.8. The number of nitrogen functional groups attached to an aromatic ring is 1. The molecule has 1 heterocycles. The summed E-state index contributed by atoms with van der Waals surface area (Å²) in [4.78, 5) is 4.10. The minimum atomic E-state index is -4.75. The van der Waals surface area contributed by atoms with Crippen molar-refractivity contribution in [3.63, 3.8) is 0 Å². The third-order valence-corrected chi connectivity index (χ3v) is 5.16. The molecule has 152 valence electrons. The van der Waals surface area contributed by atoms with E-state index in [1.54, 1.807) is 12.4 Å². The molecule has 0 aliphatic heterocycles. The topological polar surface area (TPSA) is 60.2 Å². The van der Waals surface area contributed by atoms with Crippen molar-refractivity contribution in [1.29, 1.82) is 0 Å². The summed E-state index contributed by atoms with van der Waals surface area (Å²) in [6.07, 6.45) is -0.174. The second-order valence-corrected chi connectivity index (χ2v) is 7.16. The van der Waals surface area contributed by atoms with Gasteiger partial charge in [0, 0.05) is 36.1 Å². The summed E-state index contributed by atoms with van der Waals surface area (Å²) in [7, 11) is 0. The Morgan fingerprint density at radius 2 is 1.90 bits per heavy atom. The molecule has 1 aliphatic carbocycles. The molecular weight excluding hydrogens is 386 g/mol. The minimum absolute atomic E-state index is 0.0270. The van der Waals surface area contributed by atoms with Crippen LogP contribution in [0.25, 0.3) is 10.8 Å². The Kier molecular flexibility index (Phi) is 5.04. The van der Waals surface area contributed by atoms with Crippen LogP contribution in [0.3, 0.4) is 0 Å². The Hall–Kier alpha value is -2.87. The van der Waals surface area contributed by atoms with Gasteiger partial charge in [-0.2, -0.15) is 13.2 Å². The number of hydrogen-bond donors (Lipinski definition) is 2. The van der Waals surface area contributed by atoms with E-state index in [2.05, 4.69) is 10.3 Å². The molecule has 1 fully saturated rings. The average Bonchev–Trinajstić information content (AvgIpc) is 2.65. The van der Waals surface area contributed by atoms with Gasteiger partial charge in [0.05, 0.1) is 5.56 Å². The molecule has 0 saturated heterocycles. The molecule has 1 saturated carbocycles. The molecule has 4 nitrogen and oxygen atoms in total. The molecule has 0 radical (unpaired) electrons. The number of pyridine rings is 1. The van der Waals surface area contributed by atoms with Gasteiger partial charge < -0.3 is 15.8 Å². The zero-order valence-electron chi connectivity index (χ0n) is 15.3. The molecule has 4 rings (SSSR count). The van der Waals surface area contributed by atoms with E-state index >= 15 is 0 Å². The summed E-state index contributed by atoms with van der Waals surface area (Å²) in [5.74, 6) is -1.27. The number of alkyl halides is 3. The molecular formula is C21H19F4N3O. The van der Waals surface area contributed by atoms with Crippen molar-refractivity contribution in [2.45, 2.75) is 37.7 Å². The molecule has 0 spiro atoms. The number of rotatable bonds is 5. The van der Waals surface area contributed by atoms with Crippen LogP contribution in [0.15, 0.2) is 48.8 Å². The number of nitrogens with one attached hydrogen (secondary N) is 1. The SMILES string of the molecule is Nc1ccc(CNC2CC(Oc3ccc(F)c(C(F)(F)F)c3)C2)c2ccncc12. The molecule has 0 bridgehead atoms. The highest BCUT2D eigenvalue weighted by Crippen LogP contribution is 2.35. The van der Waals surface area contributed by atoms with Crippen molar-refractivity contribution in [3.05, 3.63) is 65.7 Å². The number of hydrogen-bond acceptors (Lipinski definition) is 4. The van der Waals surface area contributed by atoms with Gasteiger partial charge in [-0.15, -0.1) is 0 Å². The monoisotopic (exact) mass is 405 g/mol. The highest BCUT2D eigenvalue weighted by molar-refractivity contribution is 5.94. The second kappa shape index (κ2) is 7.51. The van der Waals surface area contributed by atoms with E-state index in [-0.39, 0.29) is 17.9 Å². The van der Waals surface area contributed by atoms with Crippen molar-refractivity contribution in [2.75, 3.05) is 5.73 Å². The third-order valence-electron chi connectivity index (χ3n) is 5.16. The zero-order valence-corrected chi connectivity index (χ0v) is 15.3. The Morgan fingerprint density at radius 3 is 2.66 bits per heavy atom. The highest BCUT2D eigenvalue weighted by atomic mass is 19.4. The van der Waals surface area contributed by atoms with Crippen molar-refractivity contribution < 1.29 is 22.3 Å². The lowest BCUT2D eigenvalue weighted by Gasteiger charge is -2.36. The third kappa shape index (κ3) is 4.12. The quantitative estimate of drug-likeness (QED) is 0.478. The van der Waals surface area contributed by atoms with Gasteiger partial charge in [0.1, 0.15) is 17.7 Å². The van der Waals surface area contributed by atoms with Gasteiger partial charge in [0.25, 0.3) is 0 Å².